The Hall–Kier alpha value is -4.26. The van der Waals surface area contributed by atoms with Crippen molar-refractivity contribution >= 4 is 23.2 Å². The van der Waals surface area contributed by atoms with E-state index >= 15 is 0 Å². The van der Waals surface area contributed by atoms with E-state index in [9.17, 15) is 10.1 Å². The van der Waals surface area contributed by atoms with Crippen molar-refractivity contribution in [3.05, 3.63) is 87.2 Å². The van der Waals surface area contributed by atoms with Crippen LogP contribution in [0.1, 0.15) is 45.5 Å². The predicted molar refractivity (Wildman–Crippen MR) is 153 cm³/mol. The number of thiophene rings is 1. The Morgan fingerprint density at radius 3 is 2.51 bits per heavy atom. The van der Waals surface area contributed by atoms with Gasteiger partial charge in [0.05, 0.1) is 17.2 Å². The second kappa shape index (κ2) is 11.6. The first-order valence-corrected chi connectivity index (χ1v) is 13.8. The second-order valence-electron chi connectivity index (χ2n) is 9.83. The van der Waals surface area contributed by atoms with Crippen LogP contribution in [-0.2, 0) is 6.54 Å². The molecule has 0 atom stereocenters. The number of nitrogens with one attached hydrogen (secondary N) is 1. The lowest BCUT2D eigenvalue weighted by Gasteiger charge is -2.32. The molecule has 1 fully saturated rings. The summed E-state index contributed by atoms with van der Waals surface area (Å²) in [7, 11) is 0. The third-order valence-corrected chi connectivity index (χ3v) is 7.62. The average Bonchev–Trinajstić information content (AvgIpc) is 3.47. The van der Waals surface area contributed by atoms with Gasteiger partial charge in [-0.1, -0.05) is 12.1 Å². The zero-order valence-electron chi connectivity index (χ0n) is 22.0. The first-order chi connectivity index (χ1) is 18.9. The Bertz CT molecular complexity index is 1480. The molecule has 1 aliphatic heterocycles. The minimum absolute atomic E-state index is 0.247. The molecule has 1 aliphatic rings. The van der Waals surface area contributed by atoms with E-state index in [-0.39, 0.29) is 6.04 Å². The predicted octanol–water partition coefficient (Wildman–Crippen LogP) is 5.66. The van der Waals surface area contributed by atoms with Crippen molar-refractivity contribution in [3.8, 4) is 28.8 Å². The Kier molecular flexibility index (Phi) is 7.87. The molecule has 0 bridgehead atoms. The molecule has 5 rings (SSSR count). The van der Waals surface area contributed by atoms with Crippen LogP contribution in [0, 0.1) is 25.2 Å². The summed E-state index contributed by atoms with van der Waals surface area (Å²) in [6.45, 7) is 6.59. The van der Waals surface area contributed by atoms with E-state index in [1.54, 1.807) is 23.5 Å². The molecule has 39 heavy (non-hydrogen) atoms. The molecular weight excluding hydrogens is 508 g/mol. The first-order valence-electron chi connectivity index (χ1n) is 12.9. The molecule has 0 aliphatic carbocycles. The lowest BCUT2D eigenvalue weighted by Crippen LogP contribution is -2.39. The van der Waals surface area contributed by atoms with E-state index in [4.69, 9.17) is 15.5 Å². The van der Waals surface area contributed by atoms with E-state index in [0.717, 1.165) is 60.3 Å². The zero-order valence-corrected chi connectivity index (χ0v) is 22.8. The van der Waals surface area contributed by atoms with Gasteiger partial charge in [0.2, 0.25) is 17.7 Å². The van der Waals surface area contributed by atoms with E-state index in [1.165, 1.54) is 0 Å². The second-order valence-corrected chi connectivity index (χ2v) is 10.6. The van der Waals surface area contributed by atoms with E-state index in [0.29, 0.717) is 28.7 Å². The number of hydrogen-bond donors (Lipinski definition) is 2. The average molecular weight is 539 g/mol. The number of rotatable bonds is 8. The number of nitriles is 1. The molecular formula is C30H30N6O2S. The number of carbonyl (C=O) groups excluding carboxylic acids is 1. The Morgan fingerprint density at radius 1 is 1.18 bits per heavy atom. The SMILES string of the molecule is Cc1cc(C#N)cc(C)c1Oc1nc(NC2CCN(Cc3ccc(C(N)=O)cc3)CC2)ncc1-c1ccsc1. The maximum atomic E-state index is 11.3. The number of likely N-dealkylation sites (tertiary alicyclic amines) is 1. The van der Waals surface area contributed by atoms with Gasteiger partial charge in [-0.3, -0.25) is 9.69 Å². The number of aromatic nitrogens is 2. The number of nitrogens with zero attached hydrogens (tertiary/aromatic N) is 4. The van der Waals surface area contributed by atoms with Crippen LogP contribution in [0.2, 0.25) is 0 Å². The fraction of sp³-hybridized carbons (Fsp3) is 0.267. The fourth-order valence-electron chi connectivity index (χ4n) is 4.85. The summed E-state index contributed by atoms with van der Waals surface area (Å²) in [5.41, 5.74) is 11.2. The molecule has 0 saturated carbocycles. The number of amides is 1. The number of hydrogen-bond acceptors (Lipinski definition) is 8. The molecule has 198 valence electrons. The number of benzene rings is 2. The van der Waals surface area contributed by atoms with Crippen LogP contribution in [0.3, 0.4) is 0 Å². The zero-order chi connectivity index (χ0) is 27.4. The summed E-state index contributed by atoms with van der Waals surface area (Å²) in [5.74, 6) is 1.31. The number of carbonyl (C=O) groups is 1. The molecule has 0 spiro atoms. The van der Waals surface area contributed by atoms with Gasteiger partial charge in [0.25, 0.3) is 0 Å². The molecule has 1 amide bonds. The third-order valence-electron chi connectivity index (χ3n) is 6.94. The molecule has 2 aromatic heterocycles. The first kappa shape index (κ1) is 26.4. The van der Waals surface area contributed by atoms with Crippen molar-refractivity contribution in [1.82, 2.24) is 14.9 Å². The van der Waals surface area contributed by atoms with Crippen LogP contribution >= 0.6 is 11.3 Å². The highest BCUT2D eigenvalue weighted by atomic mass is 32.1. The number of piperidine rings is 1. The van der Waals surface area contributed by atoms with Gasteiger partial charge in [0.1, 0.15) is 5.75 Å². The van der Waals surface area contributed by atoms with E-state index in [2.05, 4.69) is 21.3 Å². The third kappa shape index (κ3) is 6.25. The van der Waals surface area contributed by atoms with Gasteiger partial charge in [-0.25, -0.2) is 4.98 Å². The van der Waals surface area contributed by atoms with Crippen LogP contribution in [0.4, 0.5) is 5.95 Å². The Morgan fingerprint density at radius 2 is 1.90 bits per heavy atom. The van der Waals surface area contributed by atoms with Gasteiger partial charge in [-0.05, 0) is 90.0 Å². The molecule has 3 heterocycles. The Labute approximate surface area is 232 Å². The normalized spacial score (nSPS) is 14.1. The molecule has 4 aromatic rings. The molecule has 2 aromatic carbocycles. The smallest absolute Gasteiger partial charge is 0.248 e. The van der Waals surface area contributed by atoms with Gasteiger partial charge in [0.15, 0.2) is 0 Å². The van der Waals surface area contributed by atoms with Crippen LogP contribution in [0.25, 0.3) is 11.1 Å². The lowest BCUT2D eigenvalue weighted by atomic mass is 10.0. The van der Waals surface area contributed by atoms with Crippen molar-refractivity contribution < 1.29 is 9.53 Å². The molecule has 3 N–H and O–H groups in total. The topological polar surface area (TPSA) is 117 Å². The van der Waals surface area contributed by atoms with Crippen molar-refractivity contribution in [3.63, 3.8) is 0 Å². The fourth-order valence-corrected chi connectivity index (χ4v) is 5.51. The number of primary amides is 1. The highest BCUT2D eigenvalue weighted by molar-refractivity contribution is 7.08. The maximum Gasteiger partial charge on any atom is 0.248 e. The monoisotopic (exact) mass is 538 g/mol. The van der Waals surface area contributed by atoms with Gasteiger partial charge >= 0.3 is 0 Å². The lowest BCUT2D eigenvalue weighted by molar-refractivity contribution is 0.1000. The van der Waals surface area contributed by atoms with Crippen molar-refractivity contribution in [1.29, 1.82) is 5.26 Å². The summed E-state index contributed by atoms with van der Waals surface area (Å²) in [6, 6.07) is 15.6. The van der Waals surface area contributed by atoms with Crippen LogP contribution < -0.4 is 15.8 Å². The maximum absolute atomic E-state index is 11.3. The number of aryl methyl sites for hydroxylation is 2. The van der Waals surface area contributed by atoms with E-state index in [1.807, 2.05) is 61.1 Å². The van der Waals surface area contributed by atoms with Crippen LogP contribution in [0.5, 0.6) is 11.6 Å². The standard InChI is InChI=1S/C30H30N6O2S/c1-19-13-22(15-31)14-20(2)27(19)38-29-26(24-9-12-39-18-24)16-33-30(35-29)34-25-7-10-36(11-8-25)17-21-3-5-23(6-4-21)28(32)37/h3-6,9,12-14,16,18,25H,7-8,10-11,17H2,1-2H3,(H2,32,37)(H,33,34,35). The summed E-state index contributed by atoms with van der Waals surface area (Å²) >= 11 is 1.61. The number of ether oxygens (including phenoxy) is 1. The van der Waals surface area contributed by atoms with Crippen molar-refractivity contribution in [2.24, 2.45) is 5.73 Å². The molecule has 8 nitrogen and oxygen atoms in total. The quantitative estimate of drug-likeness (QED) is 0.297. The number of nitrogens with two attached hydrogens (primary N) is 1. The number of anilines is 1. The largest absolute Gasteiger partial charge is 0.438 e. The van der Waals surface area contributed by atoms with Gasteiger partial charge < -0.3 is 15.8 Å². The minimum Gasteiger partial charge on any atom is -0.438 e. The van der Waals surface area contributed by atoms with Crippen molar-refractivity contribution in [2.75, 3.05) is 18.4 Å². The summed E-state index contributed by atoms with van der Waals surface area (Å²) in [6.07, 6.45) is 3.73. The van der Waals surface area contributed by atoms with Gasteiger partial charge in [0, 0.05) is 37.4 Å². The van der Waals surface area contributed by atoms with Gasteiger partial charge in [-0.15, -0.1) is 0 Å². The van der Waals surface area contributed by atoms with Crippen LogP contribution in [0.15, 0.2) is 59.4 Å². The molecule has 0 unspecified atom stereocenters. The van der Waals surface area contributed by atoms with Crippen LogP contribution in [-0.4, -0.2) is 39.9 Å². The Balaban J connectivity index is 1.28. The van der Waals surface area contributed by atoms with E-state index < -0.39 is 5.91 Å². The highest BCUT2D eigenvalue weighted by Crippen LogP contribution is 2.36. The van der Waals surface area contributed by atoms with Crippen molar-refractivity contribution in [2.45, 2.75) is 39.3 Å². The summed E-state index contributed by atoms with van der Waals surface area (Å²) in [5, 5.41) is 16.9. The molecule has 1 saturated heterocycles. The van der Waals surface area contributed by atoms with Gasteiger partial charge in [-0.2, -0.15) is 21.6 Å². The molecule has 9 heteroatoms. The summed E-state index contributed by atoms with van der Waals surface area (Å²) < 4.78 is 6.40. The summed E-state index contributed by atoms with van der Waals surface area (Å²) in [4.78, 5) is 23.1. The highest BCUT2D eigenvalue weighted by Gasteiger charge is 2.22. The molecule has 0 radical (unpaired) electrons. The minimum atomic E-state index is -0.408.